The van der Waals surface area contributed by atoms with Crippen molar-refractivity contribution >= 4 is 16.9 Å². The van der Waals surface area contributed by atoms with Gasteiger partial charge in [0.2, 0.25) is 5.95 Å². The van der Waals surface area contributed by atoms with Crippen LogP contribution in [-0.2, 0) is 5.41 Å². The van der Waals surface area contributed by atoms with Crippen LogP contribution in [0.1, 0.15) is 30.4 Å². The average Bonchev–Trinajstić information content (AvgIpc) is 3.08. The molecule has 134 valence electrons. The van der Waals surface area contributed by atoms with Crippen molar-refractivity contribution in [2.24, 2.45) is 0 Å². The van der Waals surface area contributed by atoms with Crippen LogP contribution in [0, 0.1) is 0 Å². The molecular weight excluding hydrogens is 338 g/mol. The molecule has 3 heterocycles. The zero-order valence-corrected chi connectivity index (χ0v) is 14.7. The molecule has 4 N–H and O–H groups in total. The molecule has 0 aliphatic heterocycles. The lowest BCUT2D eigenvalue weighted by molar-refractivity contribution is 0.304. The van der Waals surface area contributed by atoms with E-state index < -0.39 is 0 Å². The average molecular weight is 357 g/mol. The van der Waals surface area contributed by atoms with Gasteiger partial charge in [-0.05, 0) is 35.6 Å². The van der Waals surface area contributed by atoms with Crippen LogP contribution in [0.5, 0.6) is 0 Å². The standard InChI is InChI=1S/C21H19N5O/c22-20-25-10-14(11-26-20)13-2-4-15(5-3-13)21(7-1-8-21)17-12-24-18-16(17)6-9-23-19(18)27/h2-6,9-12,24H,1,7-8H2,(H,23,27)(H2,22,25,26). The lowest BCUT2D eigenvalue weighted by Gasteiger charge is -2.42. The van der Waals surface area contributed by atoms with Crippen molar-refractivity contribution in [1.29, 1.82) is 0 Å². The number of benzene rings is 1. The minimum Gasteiger partial charge on any atom is -0.368 e. The molecule has 1 fully saturated rings. The van der Waals surface area contributed by atoms with E-state index in [0.29, 0.717) is 5.52 Å². The molecule has 0 spiro atoms. The van der Waals surface area contributed by atoms with Gasteiger partial charge in [0.05, 0.1) is 0 Å². The van der Waals surface area contributed by atoms with Gasteiger partial charge in [-0.3, -0.25) is 4.79 Å². The molecule has 0 atom stereocenters. The summed E-state index contributed by atoms with van der Waals surface area (Å²) in [6.07, 6.45) is 10.5. The van der Waals surface area contributed by atoms with Crippen molar-refractivity contribution in [3.8, 4) is 11.1 Å². The molecule has 27 heavy (non-hydrogen) atoms. The van der Waals surface area contributed by atoms with E-state index in [2.05, 4.69) is 44.2 Å². The first-order chi connectivity index (χ1) is 13.2. The molecule has 1 aromatic carbocycles. The summed E-state index contributed by atoms with van der Waals surface area (Å²) in [7, 11) is 0. The fourth-order valence-corrected chi connectivity index (χ4v) is 4.18. The maximum atomic E-state index is 12.1. The molecule has 3 aromatic heterocycles. The van der Waals surface area contributed by atoms with Gasteiger partial charge < -0.3 is 15.7 Å². The molecule has 0 bridgehead atoms. The molecular formula is C21H19N5O. The number of nitrogens with two attached hydrogens (primary N) is 1. The zero-order chi connectivity index (χ0) is 18.4. The van der Waals surface area contributed by atoms with E-state index in [1.807, 2.05) is 12.3 Å². The Hall–Kier alpha value is -3.41. The quantitative estimate of drug-likeness (QED) is 0.523. The van der Waals surface area contributed by atoms with Crippen molar-refractivity contribution in [2.45, 2.75) is 24.7 Å². The Bertz CT molecular complexity index is 1170. The van der Waals surface area contributed by atoms with E-state index in [4.69, 9.17) is 5.73 Å². The summed E-state index contributed by atoms with van der Waals surface area (Å²) in [5.41, 5.74) is 10.6. The zero-order valence-electron chi connectivity index (χ0n) is 14.7. The van der Waals surface area contributed by atoms with Gasteiger partial charge in [-0.15, -0.1) is 0 Å². The number of nitrogen functional groups attached to an aromatic ring is 1. The van der Waals surface area contributed by atoms with Crippen molar-refractivity contribution < 1.29 is 0 Å². The second-order valence-electron chi connectivity index (χ2n) is 7.14. The maximum absolute atomic E-state index is 12.1. The summed E-state index contributed by atoms with van der Waals surface area (Å²) in [5.74, 6) is 0.276. The molecule has 0 radical (unpaired) electrons. The number of hydrogen-bond donors (Lipinski definition) is 3. The molecule has 1 saturated carbocycles. The molecule has 0 saturated heterocycles. The molecule has 1 aliphatic carbocycles. The topological polar surface area (TPSA) is 100 Å². The van der Waals surface area contributed by atoms with Gasteiger partial charge >= 0.3 is 0 Å². The predicted octanol–water partition coefficient (Wildman–Crippen LogP) is 3.37. The maximum Gasteiger partial charge on any atom is 0.272 e. The lowest BCUT2D eigenvalue weighted by atomic mass is 9.60. The van der Waals surface area contributed by atoms with E-state index in [1.54, 1.807) is 18.6 Å². The predicted molar refractivity (Wildman–Crippen MR) is 105 cm³/mol. The summed E-state index contributed by atoms with van der Waals surface area (Å²) in [6.45, 7) is 0. The van der Waals surface area contributed by atoms with Gasteiger partial charge in [0.1, 0.15) is 5.52 Å². The fourth-order valence-electron chi connectivity index (χ4n) is 4.18. The second-order valence-corrected chi connectivity index (χ2v) is 7.14. The van der Waals surface area contributed by atoms with Crippen LogP contribution in [0.25, 0.3) is 22.0 Å². The van der Waals surface area contributed by atoms with Crippen LogP contribution in [0.2, 0.25) is 0 Å². The van der Waals surface area contributed by atoms with Gasteiger partial charge in [-0.1, -0.05) is 30.7 Å². The van der Waals surface area contributed by atoms with Crippen molar-refractivity contribution in [3.05, 3.63) is 76.6 Å². The van der Waals surface area contributed by atoms with E-state index in [9.17, 15) is 4.79 Å². The van der Waals surface area contributed by atoms with Gasteiger partial charge in [-0.2, -0.15) is 0 Å². The Morgan fingerprint density at radius 3 is 2.37 bits per heavy atom. The van der Waals surface area contributed by atoms with E-state index >= 15 is 0 Å². The van der Waals surface area contributed by atoms with Crippen LogP contribution in [-0.4, -0.2) is 19.9 Å². The van der Waals surface area contributed by atoms with Crippen LogP contribution < -0.4 is 11.3 Å². The normalized spacial score (nSPS) is 15.6. The largest absolute Gasteiger partial charge is 0.368 e. The smallest absolute Gasteiger partial charge is 0.272 e. The summed E-state index contributed by atoms with van der Waals surface area (Å²) in [4.78, 5) is 26.1. The Kier molecular flexibility index (Phi) is 3.40. The Morgan fingerprint density at radius 1 is 0.963 bits per heavy atom. The van der Waals surface area contributed by atoms with Crippen molar-refractivity contribution in [1.82, 2.24) is 19.9 Å². The van der Waals surface area contributed by atoms with E-state index in [-0.39, 0.29) is 16.9 Å². The monoisotopic (exact) mass is 357 g/mol. The summed E-state index contributed by atoms with van der Waals surface area (Å²) in [6, 6.07) is 10.5. The summed E-state index contributed by atoms with van der Waals surface area (Å²) < 4.78 is 0. The number of rotatable bonds is 3. The third-order valence-electron chi connectivity index (χ3n) is 5.78. The molecule has 6 heteroatoms. The molecule has 0 unspecified atom stereocenters. The van der Waals surface area contributed by atoms with E-state index in [0.717, 1.165) is 29.4 Å². The van der Waals surface area contributed by atoms with E-state index in [1.165, 1.54) is 17.5 Å². The van der Waals surface area contributed by atoms with Gasteiger partial charge in [0.25, 0.3) is 5.56 Å². The minimum atomic E-state index is -0.0769. The molecule has 1 aliphatic rings. The third kappa shape index (κ3) is 2.37. The second kappa shape index (κ2) is 5.81. The Morgan fingerprint density at radius 2 is 1.70 bits per heavy atom. The summed E-state index contributed by atoms with van der Waals surface area (Å²) in [5, 5.41) is 1.01. The minimum absolute atomic E-state index is 0.0395. The van der Waals surface area contributed by atoms with Gasteiger partial charge in [-0.25, -0.2) is 9.97 Å². The highest BCUT2D eigenvalue weighted by atomic mass is 16.1. The van der Waals surface area contributed by atoms with Crippen LogP contribution in [0.15, 0.2) is 59.9 Å². The van der Waals surface area contributed by atoms with Crippen LogP contribution >= 0.6 is 0 Å². The van der Waals surface area contributed by atoms with Crippen molar-refractivity contribution in [3.63, 3.8) is 0 Å². The number of aromatic nitrogens is 4. The molecule has 4 aromatic rings. The van der Waals surface area contributed by atoms with Crippen molar-refractivity contribution in [2.75, 3.05) is 5.73 Å². The fraction of sp³-hybridized carbons (Fsp3) is 0.190. The number of aromatic amines is 2. The summed E-state index contributed by atoms with van der Waals surface area (Å²) >= 11 is 0. The SMILES string of the molecule is Nc1ncc(-c2ccc(C3(c4c[nH]c5c(=O)[nH]ccc45)CCC3)cc2)cn1. The van der Waals surface area contributed by atoms with Gasteiger partial charge in [0.15, 0.2) is 0 Å². The molecule has 5 rings (SSSR count). The number of H-pyrrole nitrogens is 2. The third-order valence-corrected chi connectivity index (χ3v) is 5.78. The molecule has 6 nitrogen and oxygen atoms in total. The molecule has 0 amide bonds. The Balaban J connectivity index is 1.58. The first-order valence-electron chi connectivity index (χ1n) is 9.05. The number of anilines is 1. The van der Waals surface area contributed by atoms with Crippen LogP contribution in [0.3, 0.4) is 0 Å². The number of nitrogens with one attached hydrogen (secondary N) is 2. The lowest BCUT2D eigenvalue weighted by Crippen LogP contribution is -2.35. The number of nitrogens with zero attached hydrogens (tertiary/aromatic N) is 2. The van der Waals surface area contributed by atoms with Gasteiger partial charge in [0, 0.05) is 41.2 Å². The number of hydrogen-bond acceptors (Lipinski definition) is 4. The highest BCUT2D eigenvalue weighted by Crippen LogP contribution is 2.50. The van der Waals surface area contributed by atoms with Crippen LogP contribution in [0.4, 0.5) is 5.95 Å². The first-order valence-corrected chi connectivity index (χ1v) is 9.05. The first kappa shape index (κ1) is 15.8. The number of fused-ring (bicyclic) bond motifs is 1. The number of pyridine rings is 1. The highest BCUT2D eigenvalue weighted by Gasteiger charge is 2.42. The Labute approximate surface area is 155 Å². The highest BCUT2D eigenvalue weighted by molar-refractivity contribution is 5.84.